The van der Waals surface area contributed by atoms with Gasteiger partial charge in [-0.3, -0.25) is 9.78 Å². The maximum Gasteiger partial charge on any atom is 0.257 e. The van der Waals surface area contributed by atoms with Gasteiger partial charge in [0.1, 0.15) is 0 Å². The summed E-state index contributed by atoms with van der Waals surface area (Å²) >= 11 is 0. The number of carbonyl (C=O) groups excluding carboxylic acids is 1. The molecular formula is C15H26N4O. The van der Waals surface area contributed by atoms with Gasteiger partial charge in [0.2, 0.25) is 0 Å². The zero-order valence-corrected chi connectivity index (χ0v) is 13.2. The zero-order valence-electron chi connectivity index (χ0n) is 13.2. The number of hydrogen-bond donors (Lipinski definition) is 1. The first-order valence-corrected chi connectivity index (χ1v) is 7.06. The first kappa shape index (κ1) is 16.4. The summed E-state index contributed by atoms with van der Waals surface area (Å²) in [7, 11) is 5.91. The minimum Gasteiger partial charge on any atom is -0.385 e. The lowest BCUT2D eigenvalue weighted by atomic mass is 10.1. The summed E-state index contributed by atoms with van der Waals surface area (Å²) in [5, 5.41) is 3.23. The number of nitrogens with one attached hydrogen (secondary N) is 1. The van der Waals surface area contributed by atoms with Crippen LogP contribution in [-0.4, -0.2) is 61.5 Å². The van der Waals surface area contributed by atoms with Crippen LogP contribution in [-0.2, 0) is 0 Å². The monoisotopic (exact) mass is 278 g/mol. The quantitative estimate of drug-likeness (QED) is 0.827. The summed E-state index contributed by atoms with van der Waals surface area (Å²) in [4.78, 5) is 20.6. The fraction of sp³-hybridized carbons (Fsp3) is 0.600. The first-order chi connectivity index (χ1) is 9.45. The van der Waals surface area contributed by atoms with Crippen molar-refractivity contribution in [3.8, 4) is 0 Å². The van der Waals surface area contributed by atoms with Crippen LogP contribution in [0.15, 0.2) is 12.3 Å². The molecule has 0 radical (unpaired) electrons. The molecule has 1 heterocycles. The average Bonchev–Trinajstić information content (AvgIpc) is 2.38. The standard InChI is InChI=1S/C15H26N4O/c1-6-16-14-10-12(2)17-11-13(14)15(20)19(5)9-7-8-18(3)4/h10-11H,6-9H2,1-5H3,(H,16,17). The molecule has 0 spiro atoms. The fourth-order valence-corrected chi connectivity index (χ4v) is 2.00. The van der Waals surface area contributed by atoms with E-state index in [0.717, 1.165) is 37.4 Å². The molecule has 0 aromatic carbocycles. The van der Waals surface area contributed by atoms with Crippen LogP contribution in [0, 0.1) is 6.92 Å². The van der Waals surface area contributed by atoms with Crippen LogP contribution in [0.25, 0.3) is 0 Å². The lowest BCUT2D eigenvalue weighted by molar-refractivity contribution is 0.0791. The molecule has 1 amide bonds. The Kier molecular flexibility index (Phi) is 6.45. The minimum atomic E-state index is 0.0206. The first-order valence-electron chi connectivity index (χ1n) is 7.06. The molecule has 0 atom stereocenters. The van der Waals surface area contributed by atoms with Gasteiger partial charge in [-0.15, -0.1) is 0 Å². The molecule has 1 rings (SSSR count). The predicted molar refractivity (Wildman–Crippen MR) is 83.3 cm³/mol. The number of nitrogens with zero attached hydrogens (tertiary/aromatic N) is 3. The van der Waals surface area contributed by atoms with Gasteiger partial charge in [-0.1, -0.05) is 0 Å². The second-order valence-corrected chi connectivity index (χ2v) is 5.29. The third-order valence-corrected chi connectivity index (χ3v) is 3.08. The fourth-order valence-electron chi connectivity index (χ4n) is 2.00. The highest BCUT2D eigenvalue weighted by molar-refractivity contribution is 5.99. The zero-order chi connectivity index (χ0) is 15.1. The largest absolute Gasteiger partial charge is 0.385 e. The van der Waals surface area contributed by atoms with Gasteiger partial charge in [-0.05, 0) is 47.0 Å². The molecule has 112 valence electrons. The summed E-state index contributed by atoms with van der Waals surface area (Å²) in [6.07, 6.45) is 2.63. The van der Waals surface area contributed by atoms with Crippen LogP contribution in [0.2, 0.25) is 0 Å². The van der Waals surface area contributed by atoms with Crippen molar-refractivity contribution in [1.29, 1.82) is 0 Å². The molecule has 5 nitrogen and oxygen atoms in total. The van der Waals surface area contributed by atoms with Crippen molar-refractivity contribution in [3.63, 3.8) is 0 Å². The van der Waals surface area contributed by atoms with Gasteiger partial charge in [0.05, 0.1) is 11.3 Å². The predicted octanol–water partition coefficient (Wildman–Crippen LogP) is 1.85. The van der Waals surface area contributed by atoms with Crippen LogP contribution in [0.1, 0.15) is 29.4 Å². The number of rotatable bonds is 7. The molecule has 20 heavy (non-hydrogen) atoms. The van der Waals surface area contributed by atoms with E-state index in [0.29, 0.717) is 5.56 Å². The number of amides is 1. The number of carbonyl (C=O) groups is 1. The maximum atomic E-state index is 12.5. The van der Waals surface area contributed by atoms with E-state index in [4.69, 9.17) is 0 Å². The van der Waals surface area contributed by atoms with Crippen molar-refractivity contribution in [2.75, 3.05) is 46.1 Å². The van der Waals surface area contributed by atoms with E-state index in [1.54, 1.807) is 11.1 Å². The Balaban J connectivity index is 2.75. The van der Waals surface area contributed by atoms with Crippen LogP contribution in [0.4, 0.5) is 5.69 Å². The van der Waals surface area contributed by atoms with Crippen molar-refractivity contribution in [3.05, 3.63) is 23.5 Å². The number of aryl methyl sites for hydroxylation is 1. The number of pyridine rings is 1. The number of anilines is 1. The van der Waals surface area contributed by atoms with E-state index in [2.05, 4.69) is 15.2 Å². The van der Waals surface area contributed by atoms with Gasteiger partial charge in [0.15, 0.2) is 0 Å². The highest BCUT2D eigenvalue weighted by Crippen LogP contribution is 2.17. The molecule has 0 saturated carbocycles. The Morgan fingerprint density at radius 2 is 2.00 bits per heavy atom. The highest BCUT2D eigenvalue weighted by Gasteiger charge is 2.16. The van der Waals surface area contributed by atoms with Crippen LogP contribution in [0.3, 0.4) is 0 Å². The van der Waals surface area contributed by atoms with E-state index in [9.17, 15) is 4.79 Å². The van der Waals surface area contributed by atoms with Crippen LogP contribution in [0.5, 0.6) is 0 Å². The molecule has 0 aliphatic carbocycles. The van der Waals surface area contributed by atoms with Crippen molar-refractivity contribution in [1.82, 2.24) is 14.8 Å². The molecule has 0 unspecified atom stereocenters. The molecule has 5 heteroatoms. The second-order valence-electron chi connectivity index (χ2n) is 5.29. The molecule has 0 bridgehead atoms. The molecule has 1 aromatic rings. The van der Waals surface area contributed by atoms with Crippen molar-refractivity contribution >= 4 is 11.6 Å². The molecule has 0 fully saturated rings. The molecule has 1 N–H and O–H groups in total. The van der Waals surface area contributed by atoms with E-state index < -0.39 is 0 Å². The summed E-state index contributed by atoms with van der Waals surface area (Å²) in [5.74, 6) is 0.0206. The van der Waals surface area contributed by atoms with E-state index in [-0.39, 0.29) is 5.91 Å². The third-order valence-electron chi connectivity index (χ3n) is 3.08. The summed E-state index contributed by atoms with van der Waals surface area (Å²) in [6, 6.07) is 1.92. The normalized spacial score (nSPS) is 10.7. The molecule has 0 aliphatic heterocycles. The minimum absolute atomic E-state index is 0.0206. The lowest BCUT2D eigenvalue weighted by Gasteiger charge is -2.20. The Morgan fingerprint density at radius 1 is 1.30 bits per heavy atom. The molecular weight excluding hydrogens is 252 g/mol. The van der Waals surface area contributed by atoms with Gasteiger partial charge in [0.25, 0.3) is 5.91 Å². The molecule has 0 aliphatic rings. The molecule has 1 aromatic heterocycles. The average molecular weight is 278 g/mol. The topological polar surface area (TPSA) is 48.5 Å². The lowest BCUT2D eigenvalue weighted by Crippen LogP contribution is -2.30. The smallest absolute Gasteiger partial charge is 0.257 e. The van der Waals surface area contributed by atoms with E-state index in [1.165, 1.54) is 0 Å². The van der Waals surface area contributed by atoms with Crippen LogP contribution < -0.4 is 5.32 Å². The van der Waals surface area contributed by atoms with Gasteiger partial charge in [-0.25, -0.2) is 0 Å². The van der Waals surface area contributed by atoms with Gasteiger partial charge in [0, 0.05) is 32.0 Å². The summed E-state index contributed by atoms with van der Waals surface area (Å²) < 4.78 is 0. The van der Waals surface area contributed by atoms with Crippen molar-refractivity contribution in [2.45, 2.75) is 20.3 Å². The van der Waals surface area contributed by atoms with Crippen LogP contribution >= 0.6 is 0 Å². The third kappa shape index (κ3) is 4.81. The summed E-state index contributed by atoms with van der Waals surface area (Å²) in [5.41, 5.74) is 2.42. The number of aromatic nitrogens is 1. The Morgan fingerprint density at radius 3 is 2.60 bits per heavy atom. The van der Waals surface area contributed by atoms with Crippen molar-refractivity contribution < 1.29 is 4.79 Å². The SMILES string of the molecule is CCNc1cc(C)ncc1C(=O)N(C)CCCN(C)C. The Bertz CT molecular complexity index is 445. The Hall–Kier alpha value is -1.62. The van der Waals surface area contributed by atoms with Gasteiger partial charge >= 0.3 is 0 Å². The molecule has 0 saturated heterocycles. The van der Waals surface area contributed by atoms with Gasteiger partial charge in [-0.2, -0.15) is 0 Å². The number of hydrogen-bond acceptors (Lipinski definition) is 4. The van der Waals surface area contributed by atoms with E-state index >= 15 is 0 Å². The maximum absolute atomic E-state index is 12.5. The summed E-state index contributed by atoms with van der Waals surface area (Å²) in [6.45, 7) is 6.45. The Labute approximate surface area is 122 Å². The van der Waals surface area contributed by atoms with Gasteiger partial charge < -0.3 is 15.1 Å². The van der Waals surface area contributed by atoms with Crippen molar-refractivity contribution in [2.24, 2.45) is 0 Å². The van der Waals surface area contributed by atoms with E-state index in [1.807, 2.05) is 41.1 Å². The second kappa shape index (κ2) is 7.85. The highest BCUT2D eigenvalue weighted by atomic mass is 16.2.